The predicted octanol–water partition coefficient (Wildman–Crippen LogP) is 3.39. The van der Waals surface area contributed by atoms with Gasteiger partial charge in [-0.05, 0) is 29.8 Å². The summed E-state index contributed by atoms with van der Waals surface area (Å²) in [5, 5.41) is 12.7. The smallest absolute Gasteiger partial charge is 0.230 e. The van der Waals surface area contributed by atoms with E-state index in [2.05, 4.69) is 21.2 Å². The van der Waals surface area contributed by atoms with E-state index in [9.17, 15) is 9.90 Å². The third kappa shape index (κ3) is 5.53. The number of aliphatic hydroxyl groups is 1. The molecule has 0 saturated carbocycles. The fourth-order valence-corrected chi connectivity index (χ4v) is 2.73. The molecule has 0 aliphatic rings. The van der Waals surface area contributed by atoms with Gasteiger partial charge in [0.25, 0.3) is 0 Å². The van der Waals surface area contributed by atoms with Crippen LogP contribution in [0.3, 0.4) is 0 Å². The fraction of sp³-hybridized carbons (Fsp3) is 0.188. The van der Waals surface area contributed by atoms with Crippen molar-refractivity contribution in [2.24, 2.45) is 0 Å². The summed E-state index contributed by atoms with van der Waals surface area (Å²) in [7, 11) is 0. The van der Waals surface area contributed by atoms with Crippen LogP contribution in [0.4, 0.5) is 0 Å². The van der Waals surface area contributed by atoms with Crippen molar-refractivity contribution in [3.63, 3.8) is 0 Å². The van der Waals surface area contributed by atoms with E-state index < -0.39 is 6.10 Å². The molecule has 2 aromatic rings. The molecule has 1 unspecified atom stereocenters. The summed E-state index contributed by atoms with van der Waals surface area (Å²) in [6.45, 7) is 0.226. The van der Waals surface area contributed by atoms with Crippen molar-refractivity contribution in [1.29, 1.82) is 0 Å². The van der Waals surface area contributed by atoms with Crippen LogP contribution in [0, 0.1) is 0 Å². The molecule has 0 heterocycles. The third-order valence-electron chi connectivity index (χ3n) is 2.86. The van der Waals surface area contributed by atoms with Crippen LogP contribution in [-0.4, -0.2) is 23.3 Å². The lowest BCUT2D eigenvalue weighted by Crippen LogP contribution is -2.29. The first-order chi connectivity index (χ1) is 10.1. The van der Waals surface area contributed by atoms with E-state index in [1.165, 1.54) is 11.8 Å². The van der Waals surface area contributed by atoms with Gasteiger partial charge in [0.1, 0.15) is 0 Å². The first-order valence-corrected chi connectivity index (χ1v) is 8.31. The zero-order valence-corrected chi connectivity index (χ0v) is 13.7. The first-order valence-electron chi connectivity index (χ1n) is 6.53. The summed E-state index contributed by atoms with van der Waals surface area (Å²) < 4.78 is 1.02. The van der Waals surface area contributed by atoms with Crippen molar-refractivity contribution in [1.82, 2.24) is 5.32 Å². The molecule has 0 aliphatic heterocycles. The highest BCUT2D eigenvalue weighted by atomic mass is 79.9. The van der Waals surface area contributed by atoms with Crippen LogP contribution in [0.5, 0.6) is 0 Å². The Morgan fingerprint density at radius 3 is 2.48 bits per heavy atom. The number of amides is 1. The molecule has 0 radical (unpaired) electrons. The Morgan fingerprint density at radius 1 is 1.14 bits per heavy atom. The van der Waals surface area contributed by atoms with E-state index >= 15 is 0 Å². The molecular weight excluding hydrogens is 350 g/mol. The Kier molecular flexibility index (Phi) is 6.29. The summed E-state index contributed by atoms with van der Waals surface area (Å²) in [5.74, 6) is 0.251. The van der Waals surface area contributed by atoms with Crippen molar-refractivity contribution in [3.8, 4) is 0 Å². The summed E-state index contributed by atoms with van der Waals surface area (Å²) in [6.07, 6.45) is -0.673. The second-order valence-corrected chi connectivity index (χ2v) is 6.44. The maximum absolute atomic E-state index is 11.8. The quantitative estimate of drug-likeness (QED) is 0.771. The van der Waals surface area contributed by atoms with Gasteiger partial charge in [0.05, 0.1) is 11.9 Å². The molecular formula is C16H16BrNO2S. The molecule has 1 atom stereocenters. The Hall–Kier alpha value is -1.30. The maximum atomic E-state index is 11.8. The second kappa shape index (κ2) is 8.22. The Morgan fingerprint density at radius 2 is 1.81 bits per heavy atom. The lowest BCUT2D eigenvalue weighted by molar-refractivity contribution is -0.119. The predicted molar refractivity (Wildman–Crippen MR) is 89.3 cm³/mol. The van der Waals surface area contributed by atoms with Gasteiger partial charge in [-0.2, -0.15) is 0 Å². The van der Waals surface area contributed by atoms with Gasteiger partial charge >= 0.3 is 0 Å². The molecule has 1 amide bonds. The molecule has 0 aliphatic carbocycles. The molecule has 110 valence electrons. The zero-order chi connectivity index (χ0) is 15.1. The first kappa shape index (κ1) is 16.1. The van der Waals surface area contributed by atoms with Gasteiger partial charge in [-0.15, -0.1) is 11.8 Å². The van der Waals surface area contributed by atoms with E-state index in [-0.39, 0.29) is 12.5 Å². The van der Waals surface area contributed by atoms with E-state index in [4.69, 9.17) is 0 Å². The van der Waals surface area contributed by atoms with Crippen LogP contribution in [0.1, 0.15) is 11.7 Å². The van der Waals surface area contributed by atoms with Gasteiger partial charge in [-0.25, -0.2) is 0 Å². The van der Waals surface area contributed by atoms with Crippen LogP contribution in [0.2, 0.25) is 0 Å². The molecule has 2 rings (SSSR count). The average molecular weight is 366 g/mol. The zero-order valence-electron chi connectivity index (χ0n) is 11.3. The lowest BCUT2D eigenvalue weighted by atomic mass is 10.1. The highest BCUT2D eigenvalue weighted by Crippen LogP contribution is 2.20. The van der Waals surface area contributed by atoms with Crippen LogP contribution in [0.25, 0.3) is 0 Å². The topological polar surface area (TPSA) is 49.3 Å². The molecule has 0 aromatic heterocycles. The minimum Gasteiger partial charge on any atom is -0.387 e. The standard InChI is InChI=1S/C16H16BrNO2S/c17-13-6-8-14(9-7-13)21-11-16(20)18-10-15(19)12-4-2-1-3-5-12/h1-9,15,19H,10-11H2,(H,18,20). The minimum atomic E-state index is -0.673. The summed E-state index contributed by atoms with van der Waals surface area (Å²) >= 11 is 4.84. The third-order valence-corrected chi connectivity index (χ3v) is 4.40. The van der Waals surface area contributed by atoms with E-state index in [1.54, 1.807) is 0 Å². The van der Waals surface area contributed by atoms with Crippen molar-refractivity contribution in [2.45, 2.75) is 11.0 Å². The summed E-state index contributed by atoms with van der Waals surface area (Å²) in [5.41, 5.74) is 0.804. The molecule has 21 heavy (non-hydrogen) atoms. The number of aliphatic hydroxyl groups excluding tert-OH is 1. The van der Waals surface area contributed by atoms with Crippen molar-refractivity contribution in [3.05, 3.63) is 64.6 Å². The highest BCUT2D eigenvalue weighted by molar-refractivity contribution is 9.10. The maximum Gasteiger partial charge on any atom is 0.230 e. The number of rotatable bonds is 6. The second-order valence-electron chi connectivity index (χ2n) is 4.47. The van der Waals surface area contributed by atoms with Crippen molar-refractivity contribution >= 4 is 33.6 Å². The molecule has 0 spiro atoms. The van der Waals surface area contributed by atoms with Gasteiger partial charge < -0.3 is 10.4 Å². The van der Waals surface area contributed by atoms with E-state index in [0.717, 1.165) is 14.9 Å². The molecule has 0 saturated heterocycles. The van der Waals surface area contributed by atoms with Gasteiger partial charge in [0.15, 0.2) is 0 Å². The number of hydrogen-bond donors (Lipinski definition) is 2. The van der Waals surface area contributed by atoms with Gasteiger partial charge in [-0.1, -0.05) is 46.3 Å². The number of carbonyl (C=O) groups excluding carboxylic acids is 1. The van der Waals surface area contributed by atoms with Gasteiger partial charge in [-0.3, -0.25) is 4.79 Å². The number of hydrogen-bond acceptors (Lipinski definition) is 3. The van der Waals surface area contributed by atoms with Crippen molar-refractivity contribution in [2.75, 3.05) is 12.3 Å². The van der Waals surface area contributed by atoms with Crippen molar-refractivity contribution < 1.29 is 9.90 Å². The molecule has 2 N–H and O–H groups in total. The molecule has 3 nitrogen and oxygen atoms in total. The summed E-state index contributed by atoms with van der Waals surface area (Å²) in [6, 6.07) is 17.1. The largest absolute Gasteiger partial charge is 0.387 e. The Labute approximate surface area is 136 Å². The van der Waals surface area contributed by atoms with Gasteiger partial charge in [0, 0.05) is 15.9 Å². The number of carbonyl (C=O) groups is 1. The van der Waals surface area contributed by atoms with E-state index in [1.807, 2.05) is 54.6 Å². The summed E-state index contributed by atoms with van der Waals surface area (Å²) in [4.78, 5) is 12.8. The molecule has 0 bridgehead atoms. The molecule has 2 aromatic carbocycles. The van der Waals surface area contributed by atoms with Crippen LogP contribution >= 0.6 is 27.7 Å². The van der Waals surface area contributed by atoms with Crippen LogP contribution < -0.4 is 5.32 Å². The number of benzene rings is 2. The molecule has 0 fully saturated rings. The lowest BCUT2D eigenvalue weighted by Gasteiger charge is -2.12. The Bertz CT molecular complexity index is 575. The van der Waals surface area contributed by atoms with Crippen LogP contribution in [-0.2, 0) is 4.79 Å². The highest BCUT2D eigenvalue weighted by Gasteiger charge is 2.09. The minimum absolute atomic E-state index is 0.0853. The number of nitrogens with one attached hydrogen (secondary N) is 1. The fourth-order valence-electron chi connectivity index (χ4n) is 1.73. The Balaban J connectivity index is 1.73. The van der Waals surface area contributed by atoms with E-state index in [0.29, 0.717) is 5.75 Å². The number of thioether (sulfide) groups is 1. The monoisotopic (exact) mass is 365 g/mol. The SMILES string of the molecule is O=C(CSc1ccc(Br)cc1)NCC(O)c1ccccc1. The average Bonchev–Trinajstić information content (AvgIpc) is 2.53. The number of halogens is 1. The molecule has 5 heteroatoms. The normalized spacial score (nSPS) is 11.9. The van der Waals surface area contributed by atoms with Gasteiger partial charge in [0.2, 0.25) is 5.91 Å². The van der Waals surface area contributed by atoms with Crippen LogP contribution in [0.15, 0.2) is 64.0 Å².